The van der Waals surface area contributed by atoms with Crippen LogP contribution in [0.15, 0.2) is 78.9 Å². The van der Waals surface area contributed by atoms with Crippen molar-refractivity contribution in [2.24, 2.45) is 0 Å². The van der Waals surface area contributed by atoms with E-state index >= 15 is 0 Å². The number of hydrogen-bond acceptors (Lipinski definition) is 3. The first-order valence-electron chi connectivity index (χ1n) is 10.2. The molecule has 0 radical (unpaired) electrons. The zero-order chi connectivity index (χ0) is 20.5. The van der Waals surface area contributed by atoms with Crippen LogP contribution in [0.3, 0.4) is 0 Å². The van der Waals surface area contributed by atoms with E-state index in [1.54, 1.807) is 7.11 Å². The molecule has 1 aliphatic heterocycles. The van der Waals surface area contributed by atoms with Crippen LogP contribution in [0.5, 0.6) is 5.75 Å². The third-order valence-corrected chi connectivity index (χ3v) is 5.73. The maximum Gasteiger partial charge on any atom is 0.227 e. The lowest BCUT2D eigenvalue weighted by molar-refractivity contribution is -0.117. The lowest BCUT2D eigenvalue weighted by atomic mass is 10.1. The molecule has 1 amide bonds. The largest absolute Gasteiger partial charge is 0.495 e. The second kappa shape index (κ2) is 7.67. The number of imidazole rings is 1. The van der Waals surface area contributed by atoms with Crippen molar-refractivity contribution in [2.75, 3.05) is 18.6 Å². The van der Waals surface area contributed by atoms with Crippen LogP contribution in [0, 0.1) is 0 Å². The van der Waals surface area contributed by atoms with Gasteiger partial charge in [0.05, 0.1) is 23.8 Å². The number of methoxy groups -OCH3 is 1. The number of carbonyl (C=O) groups excluding carboxylic acids is 1. The highest BCUT2D eigenvalue weighted by atomic mass is 16.5. The Balaban J connectivity index is 1.53. The number of rotatable bonds is 5. The van der Waals surface area contributed by atoms with Crippen molar-refractivity contribution in [3.05, 3.63) is 90.3 Å². The van der Waals surface area contributed by atoms with E-state index in [1.807, 2.05) is 53.4 Å². The molecular formula is C25H23N3O2. The van der Waals surface area contributed by atoms with Gasteiger partial charge in [0.2, 0.25) is 5.91 Å². The van der Waals surface area contributed by atoms with Crippen molar-refractivity contribution >= 4 is 22.6 Å². The number of benzene rings is 3. The van der Waals surface area contributed by atoms with E-state index in [4.69, 9.17) is 9.72 Å². The van der Waals surface area contributed by atoms with Crippen LogP contribution < -0.4 is 9.64 Å². The monoisotopic (exact) mass is 397 g/mol. The lowest BCUT2D eigenvalue weighted by Crippen LogP contribution is -2.25. The Bertz CT molecular complexity index is 1200. The molecule has 1 aromatic heterocycles. The summed E-state index contributed by atoms with van der Waals surface area (Å²) in [5, 5.41) is 0. The van der Waals surface area contributed by atoms with Crippen molar-refractivity contribution in [1.82, 2.24) is 9.55 Å². The molecule has 0 N–H and O–H groups in total. The number of carbonyl (C=O) groups is 1. The number of para-hydroxylation sites is 4. The molecule has 0 saturated carbocycles. The summed E-state index contributed by atoms with van der Waals surface area (Å²) in [4.78, 5) is 19.7. The summed E-state index contributed by atoms with van der Waals surface area (Å²) in [6.45, 7) is 1.33. The van der Waals surface area contributed by atoms with Crippen molar-refractivity contribution in [1.29, 1.82) is 0 Å². The first kappa shape index (κ1) is 18.4. The number of amides is 1. The fraction of sp³-hybridized carbons (Fsp3) is 0.200. The fourth-order valence-corrected chi connectivity index (χ4v) is 4.30. The van der Waals surface area contributed by atoms with Gasteiger partial charge in [-0.2, -0.15) is 0 Å². The van der Waals surface area contributed by atoms with Crippen LogP contribution in [0.2, 0.25) is 0 Å². The van der Waals surface area contributed by atoms with Gasteiger partial charge in [0.15, 0.2) is 0 Å². The maximum absolute atomic E-state index is 12.9. The number of hydrogen-bond donors (Lipinski definition) is 0. The molecule has 0 unspecified atom stereocenters. The summed E-state index contributed by atoms with van der Waals surface area (Å²) in [5.41, 5.74) is 4.09. The summed E-state index contributed by atoms with van der Waals surface area (Å²) >= 11 is 0. The first-order chi connectivity index (χ1) is 14.7. The molecule has 1 saturated heterocycles. The summed E-state index contributed by atoms with van der Waals surface area (Å²) in [7, 11) is 1.64. The average Bonchev–Trinajstić information content (AvgIpc) is 3.35. The second-order valence-electron chi connectivity index (χ2n) is 7.61. The quantitative estimate of drug-likeness (QED) is 0.494. The van der Waals surface area contributed by atoms with Crippen molar-refractivity contribution in [2.45, 2.75) is 18.9 Å². The number of anilines is 1. The van der Waals surface area contributed by atoms with Gasteiger partial charge in [0.25, 0.3) is 0 Å². The summed E-state index contributed by atoms with van der Waals surface area (Å²) in [6, 6.07) is 26.2. The van der Waals surface area contributed by atoms with E-state index in [9.17, 15) is 4.79 Å². The molecule has 1 fully saturated rings. The molecule has 4 aromatic rings. The minimum atomic E-state index is 0.0264. The highest BCUT2D eigenvalue weighted by molar-refractivity contribution is 5.97. The predicted octanol–water partition coefficient (Wildman–Crippen LogP) is 4.61. The lowest BCUT2D eigenvalue weighted by Gasteiger charge is -2.19. The molecular weight excluding hydrogens is 374 g/mol. The summed E-state index contributed by atoms with van der Waals surface area (Å²) < 4.78 is 7.74. The van der Waals surface area contributed by atoms with Gasteiger partial charge in [-0.1, -0.05) is 54.6 Å². The molecule has 5 nitrogen and oxygen atoms in total. The van der Waals surface area contributed by atoms with Crippen LogP contribution in [-0.2, 0) is 11.3 Å². The minimum Gasteiger partial charge on any atom is -0.495 e. The molecule has 1 aliphatic rings. The number of nitrogens with zero attached hydrogens (tertiary/aromatic N) is 3. The third kappa shape index (κ3) is 3.22. The van der Waals surface area contributed by atoms with Crippen LogP contribution in [0.1, 0.15) is 23.7 Å². The zero-order valence-corrected chi connectivity index (χ0v) is 16.9. The Labute approximate surface area is 175 Å². The molecule has 5 rings (SSSR count). The Morgan fingerprint density at radius 3 is 2.53 bits per heavy atom. The number of ether oxygens (including phenoxy) is 1. The standard InChI is InChI=1S/C25H23N3O2/c1-30-23-14-8-7-13-22(23)27-17-19(15-24(27)29)25-26-20-11-5-6-12-21(20)28(25)16-18-9-3-2-4-10-18/h2-14,19H,15-17H2,1H3/t19-/m0/s1. The van der Waals surface area contributed by atoms with Crippen LogP contribution in [-0.4, -0.2) is 29.1 Å². The van der Waals surface area contributed by atoms with E-state index in [0.717, 1.165) is 29.1 Å². The third-order valence-electron chi connectivity index (χ3n) is 5.73. The first-order valence-corrected chi connectivity index (χ1v) is 10.2. The van der Waals surface area contributed by atoms with Gasteiger partial charge in [-0.15, -0.1) is 0 Å². The highest BCUT2D eigenvalue weighted by Crippen LogP contribution is 2.37. The molecule has 0 spiro atoms. The smallest absolute Gasteiger partial charge is 0.227 e. The number of aromatic nitrogens is 2. The van der Waals surface area contributed by atoms with Gasteiger partial charge in [-0.05, 0) is 29.8 Å². The second-order valence-corrected chi connectivity index (χ2v) is 7.61. The Morgan fingerprint density at radius 1 is 0.967 bits per heavy atom. The molecule has 3 aromatic carbocycles. The van der Waals surface area contributed by atoms with E-state index < -0.39 is 0 Å². The van der Waals surface area contributed by atoms with Gasteiger partial charge < -0.3 is 14.2 Å². The Kier molecular flexibility index (Phi) is 4.71. The van der Waals surface area contributed by atoms with Gasteiger partial charge in [0, 0.05) is 25.4 Å². The van der Waals surface area contributed by atoms with Crippen molar-refractivity contribution in [3.8, 4) is 5.75 Å². The van der Waals surface area contributed by atoms with Crippen molar-refractivity contribution in [3.63, 3.8) is 0 Å². The van der Waals surface area contributed by atoms with E-state index in [1.165, 1.54) is 5.56 Å². The molecule has 0 bridgehead atoms. The van der Waals surface area contributed by atoms with E-state index in [-0.39, 0.29) is 11.8 Å². The SMILES string of the molecule is COc1ccccc1N1C[C@@H](c2nc3ccccc3n2Cc2ccccc2)CC1=O. The van der Waals surface area contributed by atoms with Gasteiger partial charge >= 0.3 is 0 Å². The van der Waals surface area contributed by atoms with Gasteiger partial charge in [-0.25, -0.2) is 4.98 Å². The summed E-state index contributed by atoms with van der Waals surface area (Å²) in [5.74, 6) is 1.80. The number of fused-ring (bicyclic) bond motifs is 1. The van der Waals surface area contributed by atoms with Crippen LogP contribution >= 0.6 is 0 Å². The molecule has 1 atom stereocenters. The van der Waals surface area contributed by atoms with Gasteiger partial charge in [-0.3, -0.25) is 4.79 Å². The fourth-order valence-electron chi connectivity index (χ4n) is 4.30. The average molecular weight is 397 g/mol. The maximum atomic E-state index is 12.9. The summed E-state index contributed by atoms with van der Waals surface area (Å²) in [6.07, 6.45) is 0.441. The van der Waals surface area contributed by atoms with Crippen LogP contribution in [0.25, 0.3) is 11.0 Å². The Hall–Kier alpha value is -3.60. The van der Waals surface area contributed by atoms with Crippen LogP contribution in [0.4, 0.5) is 5.69 Å². The molecule has 2 heterocycles. The zero-order valence-electron chi connectivity index (χ0n) is 16.9. The topological polar surface area (TPSA) is 47.4 Å². The molecule has 30 heavy (non-hydrogen) atoms. The van der Waals surface area contributed by atoms with E-state index in [0.29, 0.717) is 18.7 Å². The molecule has 5 heteroatoms. The van der Waals surface area contributed by atoms with E-state index in [2.05, 4.69) is 34.9 Å². The molecule has 0 aliphatic carbocycles. The Morgan fingerprint density at radius 2 is 1.70 bits per heavy atom. The normalized spacial score (nSPS) is 16.4. The van der Waals surface area contributed by atoms with Gasteiger partial charge in [0.1, 0.15) is 11.6 Å². The molecule has 150 valence electrons. The van der Waals surface area contributed by atoms with Crippen molar-refractivity contribution < 1.29 is 9.53 Å². The minimum absolute atomic E-state index is 0.0264. The highest BCUT2D eigenvalue weighted by Gasteiger charge is 2.35. The predicted molar refractivity (Wildman–Crippen MR) is 118 cm³/mol.